The maximum Gasteiger partial charge on any atom is 0.306 e. The van der Waals surface area contributed by atoms with Crippen molar-refractivity contribution in [2.75, 3.05) is 40.9 Å². The molecule has 0 fully saturated rings. The van der Waals surface area contributed by atoms with E-state index in [-0.39, 0.29) is 25.4 Å². The van der Waals surface area contributed by atoms with Crippen LogP contribution in [0.5, 0.6) is 0 Å². The molecule has 0 rings (SSSR count). The van der Waals surface area contributed by atoms with Crippen molar-refractivity contribution in [3.63, 3.8) is 0 Å². The van der Waals surface area contributed by atoms with E-state index in [0.29, 0.717) is 23.9 Å². The molecule has 0 aromatic rings. The number of nitrogens with one attached hydrogen (secondary N) is 1. The number of esters is 1. The van der Waals surface area contributed by atoms with Gasteiger partial charge in [0.05, 0.1) is 33.8 Å². The Kier molecular flexibility index (Phi) is 48.8. The van der Waals surface area contributed by atoms with Gasteiger partial charge in [-0.3, -0.25) is 14.2 Å². The zero-order valence-electron chi connectivity index (χ0n) is 46.8. The van der Waals surface area contributed by atoms with E-state index >= 15 is 0 Å². The van der Waals surface area contributed by atoms with Crippen molar-refractivity contribution in [1.82, 2.24) is 5.32 Å². The molecule has 72 heavy (non-hydrogen) atoms. The summed E-state index contributed by atoms with van der Waals surface area (Å²) in [4.78, 5) is 39.8. The highest BCUT2D eigenvalue weighted by Crippen LogP contribution is 2.38. The number of phosphoric acid groups is 1. The van der Waals surface area contributed by atoms with Crippen molar-refractivity contribution in [3.05, 3.63) is 109 Å². The standard InChI is InChI=1S/C62H107N2O7P/c1-7-10-13-16-19-22-25-28-30-32-34-36-39-42-45-48-51-54-61(65)63-59(58-70-72(67,68)69-57-56-64(4,5)6)60(53-50-47-44-41-38-27-24-21-18-15-12-9-3)71-62(66)55-52-49-46-43-40-37-35-33-31-29-26-23-20-17-14-11-8-2/h11,14,19-20,22-23,28-31,34-37,43,46,50,53,59-60H,7-10,12-13,15-18,21,24-27,32-33,38-42,44-45,47-49,51-52,54-58H2,1-6H3,(H-,63,65,67,68)/b14-11-,22-19-,23-20-,30-28-,31-29-,36-34-,37-35-,46-43-,53-50+. The number of hydrogen-bond acceptors (Lipinski definition) is 7. The summed E-state index contributed by atoms with van der Waals surface area (Å²) in [5.74, 6) is -0.643. The van der Waals surface area contributed by atoms with E-state index in [0.717, 1.165) is 96.3 Å². The molecule has 3 atom stereocenters. The Morgan fingerprint density at radius 1 is 0.500 bits per heavy atom. The Labute approximate surface area is 442 Å². The van der Waals surface area contributed by atoms with Crippen LogP contribution >= 0.6 is 7.82 Å². The van der Waals surface area contributed by atoms with Crippen LogP contribution in [0.2, 0.25) is 0 Å². The third kappa shape index (κ3) is 51.6. The number of unbranched alkanes of at least 4 members (excludes halogenated alkanes) is 18. The Balaban J connectivity index is 5.50. The molecular formula is C62H107N2O7P. The Morgan fingerprint density at radius 3 is 1.39 bits per heavy atom. The second-order valence-corrected chi connectivity index (χ2v) is 21.5. The van der Waals surface area contributed by atoms with Crippen molar-refractivity contribution in [1.29, 1.82) is 0 Å². The minimum atomic E-state index is -4.72. The van der Waals surface area contributed by atoms with Gasteiger partial charge in [0.25, 0.3) is 7.82 Å². The first-order valence-corrected chi connectivity index (χ1v) is 30.2. The van der Waals surface area contributed by atoms with Gasteiger partial charge in [0.2, 0.25) is 5.91 Å². The molecule has 0 aliphatic rings. The number of nitrogens with zero attached hydrogens (tertiary/aromatic N) is 1. The van der Waals surface area contributed by atoms with Crippen LogP contribution in [0, 0.1) is 0 Å². The summed E-state index contributed by atoms with van der Waals surface area (Å²) in [5, 5.41) is 2.99. The van der Waals surface area contributed by atoms with E-state index < -0.39 is 32.5 Å². The second kappa shape index (κ2) is 51.2. The van der Waals surface area contributed by atoms with Gasteiger partial charge in [-0.25, -0.2) is 0 Å². The number of hydrogen-bond donors (Lipinski definition) is 1. The summed E-state index contributed by atoms with van der Waals surface area (Å²) in [7, 11) is 1.12. The number of phosphoric ester groups is 1. The lowest BCUT2D eigenvalue weighted by molar-refractivity contribution is -0.870. The average molecular weight is 1020 g/mol. The van der Waals surface area contributed by atoms with Crippen LogP contribution in [-0.2, 0) is 27.9 Å². The lowest BCUT2D eigenvalue weighted by Crippen LogP contribution is -2.47. The molecule has 9 nitrogen and oxygen atoms in total. The van der Waals surface area contributed by atoms with E-state index in [4.69, 9.17) is 13.8 Å². The molecule has 3 unspecified atom stereocenters. The Morgan fingerprint density at radius 2 is 0.903 bits per heavy atom. The molecule has 1 amide bonds. The molecule has 0 aliphatic carbocycles. The van der Waals surface area contributed by atoms with Crippen LogP contribution in [0.25, 0.3) is 0 Å². The van der Waals surface area contributed by atoms with Crippen LogP contribution in [0.3, 0.4) is 0 Å². The highest BCUT2D eigenvalue weighted by molar-refractivity contribution is 7.45. The van der Waals surface area contributed by atoms with Crippen molar-refractivity contribution in [2.45, 2.75) is 232 Å². The number of likely N-dealkylation sites (N-methyl/N-ethyl adjacent to an activating group) is 1. The highest BCUT2D eigenvalue weighted by atomic mass is 31.2. The van der Waals surface area contributed by atoms with E-state index in [1.54, 1.807) is 6.08 Å². The molecule has 0 bridgehead atoms. The van der Waals surface area contributed by atoms with Crippen molar-refractivity contribution >= 4 is 19.7 Å². The molecular weight excluding hydrogens is 916 g/mol. The van der Waals surface area contributed by atoms with Gasteiger partial charge in [-0.15, -0.1) is 0 Å². The predicted molar refractivity (Wildman–Crippen MR) is 307 cm³/mol. The van der Waals surface area contributed by atoms with E-state index in [9.17, 15) is 19.0 Å². The topological polar surface area (TPSA) is 114 Å². The highest BCUT2D eigenvalue weighted by Gasteiger charge is 2.27. The molecule has 0 aromatic heterocycles. The first kappa shape index (κ1) is 68.7. The molecule has 412 valence electrons. The largest absolute Gasteiger partial charge is 0.756 e. The summed E-state index contributed by atoms with van der Waals surface area (Å²) in [5.41, 5.74) is 0. The van der Waals surface area contributed by atoms with Crippen LogP contribution in [0.15, 0.2) is 109 Å². The molecule has 0 spiro atoms. The normalized spacial score (nSPS) is 14.6. The Hall–Kier alpha value is -3.33. The number of ether oxygens (including phenoxy) is 1. The third-order valence-corrected chi connectivity index (χ3v) is 12.9. The van der Waals surface area contributed by atoms with Gasteiger partial charge in [0, 0.05) is 12.8 Å². The van der Waals surface area contributed by atoms with E-state index in [2.05, 4.69) is 123 Å². The van der Waals surface area contributed by atoms with E-state index in [1.165, 1.54) is 77.0 Å². The maximum atomic E-state index is 13.5. The lowest BCUT2D eigenvalue weighted by Gasteiger charge is -2.30. The SMILES string of the molecule is CC/C=C\C/C=C\C/C=C\C/C=C\C/C=C\CCCC(=O)OC(/C=C/CCCCCCCCCCCC)C(COP(=O)([O-])OCC[N+](C)(C)C)NC(=O)CCCCCC/C=C\C/C=C\C/C=C\CCCCC. The summed E-state index contributed by atoms with van der Waals surface area (Å²) in [6.45, 7) is 6.62. The maximum absolute atomic E-state index is 13.5. The minimum Gasteiger partial charge on any atom is -0.756 e. The van der Waals surface area contributed by atoms with Crippen molar-refractivity contribution in [3.8, 4) is 0 Å². The number of rotatable bonds is 50. The fraction of sp³-hybridized carbons (Fsp3) is 0.677. The van der Waals surface area contributed by atoms with Gasteiger partial charge in [0.15, 0.2) is 0 Å². The monoisotopic (exact) mass is 1020 g/mol. The van der Waals surface area contributed by atoms with Gasteiger partial charge in [-0.2, -0.15) is 0 Å². The Bertz CT molecular complexity index is 1600. The summed E-state index contributed by atoms with van der Waals surface area (Å²) < 4.78 is 30.2. The molecule has 0 saturated heterocycles. The zero-order valence-corrected chi connectivity index (χ0v) is 47.7. The molecule has 1 N–H and O–H groups in total. The second-order valence-electron chi connectivity index (χ2n) is 20.1. The van der Waals surface area contributed by atoms with Gasteiger partial charge in [-0.1, -0.05) is 208 Å². The fourth-order valence-electron chi connectivity index (χ4n) is 7.50. The number of amides is 1. The van der Waals surface area contributed by atoms with Crippen molar-refractivity contribution in [2.24, 2.45) is 0 Å². The molecule has 0 saturated carbocycles. The summed E-state index contributed by atoms with van der Waals surface area (Å²) in [6, 6.07) is -0.929. The number of allylic oxidation sites excluding steroid dienone is 17. The van der Waals surface area contributed by atoms with Crippen molar-refractivity contribution < 1.29 is 37.3 Å². The van der Waals surface area contributed by atoms with Crippen LogP contribution in [0.4, 0.5) is 0 Å². The van der Waals surface area contributed by atoms with Gasteiger partial charge in [-0.05, 0) is 109 Å². The molecule has 0 aromatic carbocycles. The zero-order chi connectivity index (χ0) is 52.9. The van der Waals surface area contributed by atoms with Crippen LogP contribution in [-0.4, -0.2) is 69.4 Å². The van der Waals surface area contributed by atoms with Gasteiger partial charge in [0.1, 0.15) is 19.3 Å². The van der Waals surface area contributed by atoms with E-state index in [1.807, 2.05) is 27.2 Å². The van der Waals surface area contributed by atoms with Crippen LogP contribution in [0.1, 0.15) is 220 Å². The number of carbonyl (C=O) groups is 2. The molecule has 0 aliphatic heterocycles. The third-order valence-electron chi connectivity index (χ3n) is 11.9. The molecule has 10 heteroatoms. The number of carbonyl (C=O) groups excluding carboxylic acids is 2. The summed E-state index contributed by atoms with van der Waals surface area (Å²) >= 11 is 0. The first-order valence-electron chi connectivity index (χ1n) is 28.7. The van der Waals surface area contributed by atoms with Gasteiger partial charge >= 0.3 is 5.97 Å². The lowest BCUT2D eigenvalue weighted by atomic mass is 10.1. The number of quaternary nitrogens is 1. The minimum absolute atomic E-state index is 0.0413. The summed E-state index contributed by atoms with van der Waals surface area (Å²) in [6.07, 6.45) is 69.2. The predicted octanol–water partition coefficient (Wildman–Crippen LogP) is 16.7. The molecule has 0 radical (unpaired) electrons. The fourth-order valence-corrected chi connectivity index (χ4v) is 8.23. The quantitative estimate of drug-likeness (QED) is 0.0212. The smallest absolute Gasteiger partial charge is 0.306 e. The van der Waals surface area contributed by atoms with Gasteiger partial charge < -0.3 is 28.5 Å². The average Bonchev–Trinajstić information content (AvgIpc) is 3.34. The molecule has 0 heterocycles. The van der Waals surface area contributed by atoms with Crippen LogP contribution < -0.4 is 10.2 Å². The first-order chi connectivity index (χ1) is 34.9.